The Morgan fingerprint density at radius 3 is 2.38 bits per heavy atom. The molecule has 0 aromatic heterocycles. The maximum Gasteiger partial charge on any atom is 0.258 e. The Labute approximate surface area is 167 Å². The molecule has 0 atom stereocenters. The van der Waals surface area contributed by atoms with Crippen LogP contribution < -0.4 is 5.32 Å². The first-order chi connectivity index (χ1) is 13.8. The van der Waals surface area contributed by atoms with E-state index in [9.17, 15) is 22.0 Å². The highest BCUT2D eigenvalue weighted by Crippen LogP contribution is 2.21. The lowest BCUT2D eigenvalue weighted by Crippen LogP contribution is -2.27. The van der Waals surface area contributed by atoms with Crippen LogP contribution in [-0.4, -0.2) is 25.7 Å². The van der Waals surface area contributed by atoms with Crippen molar-refractivity contribution in [2.24, 2.45) is 0 Å². The predicted octanol–water partition coefficient (Wildman–Crippen LogP) is 4.04. The molecule has 3 aromatic carbocycles. The van der Waals surface area contributed by atoms with Crippen molar-refractivity contribution < 1.29 is 22.0 Å². The highest BCUT2D eigenvalue weighted by Gasteiger charge is 2.24. The molecule has 0 saturated carbocycles. The van der Waals surface area contributed by atoms with Gasteiger partial charge in [-0.2, -0.15) is 4.31 Å². The Morgan fingerprint density at radius 2 is 1.69 bits per heavy atom. The average molecular weight is 416 g/mol. The summed E-state index contributed by atoms with van der Waals surface area (Å²) in [5.41, 5.74) is 0.456. The molecular weight excluding hydrogens is 398 g/mol. The van der Waals surface area contributed by atoms with Crippen LogP contribution in [0.25, 0.3) is 0 Å². The van der Waals surface area contributed by atoms with Crippen molar-refractivity contribution in [1.29, 1.82) is 0 Å². The number of carbonyl (C=O) groups is 1. The molecule has 0 aliphatic heterocycles. The second-order valence-corrected chi connectivity index (χ2v) is 8.40. The van der Waals surface area contributed by atoms with Gasteiger partial charge in [0.2, 0.25) is 10.0 Å². The van der Waals surface area contributed by atoms with Crippen molar-refractivity contribution in [2.75, 3.05) is 12.4 Å². The van der Waals surface area contributed by atoms with Gasteiger partial charge in [-0.1, -0.05) is 36.4 Å². The van der Waals surface area contributed by atoms with Gasteiger partial charge in [0.05, 0.1) is 10.5 Å². The summed E-state index contributed by atoms with van der Waals surface area (Å²) in [6, 6.07) is 17.1. The van der Waals surface area contributed by atoms with Gasteiger partial charge in [0.1, 0.15) is 11.6 Å². The smallest absolute Gasteiger partial charge is 0.258 e. The molecule has 0 aliphatic carbocycles. The monoisotopic (exact) mass is 416 g/mol. The molecule has 3 rings (SSSR count). The summed E-state index contributed by atoms with van der Waals surface area (Å²) in [5, 5.41) is 2.36. The maximum atomic E-state index is 14.2. The predicted molar refractivity (Wildman–Crippen MR) is 106 cm³/mol. The second-order valence-electron chi connectivity index (χ2n) is 6.35. The van der Waals surface area contributed by atoms with Crippen molar-refractivity contribution in [3.05, 3.63) is 95.6 Å². The van der Waals surface area contributed by atoms with Crippen molar-refractivity contribution in [3.8, 4) is 0 Å². The Morgan fingerprint density at radius 1 is 0.966 bits per heavy atom. The number of amides is 1. The fourth-order valence-corrected chi connectivity index (χ4v) is 3.89. The third kappa shape index (κ3) is 4.85. The van der Waals surface area contributed by atoms with Crippen LogP contribution in [-0.2, 0) is 16.6 Å². The summed E-state index contributed by atoms with van der Waals surface area (Å²) in [5.74, 6) is -2.33. The maximum absolute atomic E-state index is 14.2. The Hall–Kier alpha value is -3.10. The molecule has 0 saturated heterocycles. The van der Waals surface area contributed by atoms with Crippen LogP contribution in [0.1, 0.15) is 15.9 Å². The van der Waals surface area contributed by atoms with Gasteiger partial charge in [-0.3, -0.25) is 4.79 Å². The van der Waals surface area contributed by atoms with Crippen molar-refractivity contribution in [3.63, 3.8) is 0 Å². The largest absolute Gasteiger partial charge is 0.322 e. The molecular formula is C21H18F2N2O3S. The summed E-state index contributed by atoms with van der Waals surface area (Å²) in [6.45, 7) is 0.116. The third-order valence-electron chi connectivity index (χ3n) is 4.22. The standard InChI is InChI=1S/C21H18F2N2O3S/c1-25(14-15-6-3-2-4-7-15)29(27,28)18-10-11-20(23)19(13-18)21(26)24-17-9-5-8-16(22)12-17/h2-13H,14H2,1H3,(H,24,26). The van der Waals surface area contributed by atoms with Gasteiger partial charge in [-0.15, -0.1) is 0 Å². The molecule has 8 heteroatoms. The summed E-state index contributed by atoms with van der Waals surface area (Å²) >= 11 is 0. The van der Waals surface area contributed by atoms with E-state index in [2.05, 4.69) is 5.32 Å². The minimum absolute atomic E-state index is 0.116. The lowest BCUT2D eigenvalue weighted by atomic mass is 10.2. The Bertz CT molecular complexity index is 1140. The number of halogens is 2. The lowest BCUT2D eigenvalue weighted by molar-refractivity contribution is 0.102. The number of nitrogens with zero attached hydrogens (tertiary/aromatic N) is 1. The van der Waals surface area contributed by atoms with E-state index >= 15 is 0 Å². The molecule has 0 unspecified atom stereocenters. The molecule has 0 fully saturated rings. The molecule has 1 N–H and O–H groups in total. The van der Waals surface area contributed by atoms with Crippen LogP contribution in [0.3, 0.4) is 0 Å². The highest BCUT2D eigenvalue weighted by atomic mass is 32.2. The van der Waals surface area contributed by atoms with Crippen molar-refractivity contribution in [2.45, 2.75) is 11.4 Å². The van der Waals surface area contributed by atoms with Crippen LogP contribution >= 0.6 is 0 Å². The molecule has 0 aliphatic rings. The number of benzene rings is 3. The minimum atomic E-state index is -3.96. The zero-order chi connectivity index (χ0) is 21.0. The van der Waals surface area contributed by atoms with Gasteiger partial charge in [-0.05, 0) is 42.0 Å². The van der Waals surface area contributed by atoms with Crippen LogP contribution in [0, 0.1) is 11.6 Å². The number of hydrogen-bond acceptors (Lipinski definition) is 3. The van der Waals surface area contributed by atoms with E-state index in [0.29, 0.717) is 0 Å². The second kappa shape index (κ2) is 8.50. The summed E-state index contributed by atoms with van der Waals surface area (Å²) in [6.07, 6.45) is 0. The first-order valence-corrected chi connectivity index (χ1v) is 10.1. The minimum Gasteiger partial charge on any atom is -0.322 e. The summed E-state index contributed by atoms with van der Waals surface area (Å²) in [4.78, 5) is 12.2. The number of hydrogen-bond donors (Lipinski definition) is 1. The normalized spacial score (nSPS) is 11.4. The molecule has 150 valence electrons. The van der Waals surface area contributed by atoms with Gasteiger partial charge in [0.15, 0.2) is 0 Å². The Kier molecular flexibility index (Phi) is 6.05. The van der Waals surface area contributed by atoms with Crippen LogP contribution in [0.5, 0.6) is 0 Å². The molecule has 0 heterocycles. The first kappa shape index (κ1) is 20.6. The van der Waals surface area contributed by atoms with E-state index in [1.165, 1.54) is 25.2 Å². The Balaban J connectivity index is 1.86. The van der Waals surface area contributed by atoms with E-state index in [1.807, 2.05) is 6.07 Å². The van der Waals surface area contributed by atoms with Gasteiger partial charge in [0.25, 0.3) is 5.91 Å². The highest BCUT2D eigenvalue weighted by molar-refractivity contribution is 7.89. The summed E-state index contributed by atoms with van der Waals surface area (Å²) < 4.78 is 54.3. The fraction of sp³-hybridized carbons (Fsp3) is 0.0952. The van der Waals surface area contributed by atoms with E-state index in [-0.39, 0.29) is 17.1 Å². The molecule has 1 amide bonds. The third-order valence-corrected chi connectivity index (χ3v) is 6.02. The number of sulfonamides is 1. The van der Waals surface area contributed by atoms with Gasteiger partial charge >= 0.3 is 0 Å². The van der Waals surface area contributed by atoms with Gasteiger partial charge in [0, 0.05) is 19.3 Å². The van der Waals surface area contributed by atoms with Crippen LogP contribution in [0.2, 0.25) is 0 Å². The van der Waals surface area contributed by atoms with Gasteiger partial charge in [-0.25, -0.2) is 17.2 Å². The van der Waals surface area contributed by atoms with E-state index in [1.54, 1.807) is 24.3 Å². The zero-order valence-corrected chi connectivity index (χ0v) is 16.3. The average Bonchev–Trinajstić information content (AvgIpc) is 2.68. The van der Waals surface area contributed by atoms with Crippen molar-refractivity contribution >= 4 is 21.6 Å². The molecule has 3 aromatic rings. The molecule has 0 radical (unpaired) electrons. The summed E-state index contributed by atoms with van der Waals surface area (Å²) in [7, 11) is -2.56. The number of anilines is 1. The van der Waals surface area contributed by atoms with E-state index < -0.39 is 33.1 Å². The van der Waals surface area contributed by atoms with E-state index in [0.717, 1.165) is 34.1 Å². The van der Waals surface area contributed by atoms with E-state index in [4.69, 9.17) is 0 Å². The van der Waals surface area contributed by atoms with Crippen molar-refractivity contribution in [1.82, 2.24) is 4.31 Å². The molecule has 29 heavy (non-hydrogen) atoms. The number of carbonyl (C=O) groups excluding carboxylic acids is 1. The van der Waals surface area contributed by atoms with Crippen LogP contribution in [0.4, 0.5) is 14.5 Å². The molecule has 0 bridgehead atoms. The molecule has 5 nitrogen and oxygen atoms in total. The quantitative estimate of drug-likeness (QED) is 0.660. The van der Waals surface area contributed by atoms with Gasteiger partial charge < -0.3 is 5.32 Å². The topological polar surface area (TPSA) is 66.5 Å². The number of nitrogens with one attached hydrogen (secondary N) is 1. The zero-order valence-electron chi connectivity index (χ0n) is 15.5. The fourth-order valence-electron chi connectivity index (χ4n) is 2.71. The SMILES string of the molecule is CN(Cc1ccccc1)S(=O)(=O)c1ccc(F)c(C(=O)Nc2cccc(F)c2)c1. The lowest BCUT2D eigenvalue weighted by Gasteiger charge is -2.18. The number of rotatable bonds is 6. The van der Waals surface area contributed by atoms with Crippen LogP contribution in [0.15, 0.2) is 77.7 Å². The first-order valence-electron chi connectivity index (χ1n) is 8.64. The molecule has 0 spiro atoms.